The minimum absolute atomic E-state index is 0.776. The van der Waals surface area contributed by atoms with Crippen molar-refractivity contribution in [2.24, 2.45) is 0 Å². The van der Waals surface area contributed by atoms with Gasteiger partial charge in [-0.25, -0.2) is 0 Å². The van der Waals surface area contributed by atoms with Gasteiger partial charge in [-0.1, -0.05) is 163 Å². The zero-order chi connectivity index (χ0) is 52.8. The Kier molecular flexibility index (Phi) is 11.0. The summed E-state index contributed by atoms with van der Waals surface area (Å²) in [4.78, 5) is 7.22. The summed E-state index contributed by atoms with van der Waals surface area (Å²) in [6.45, 7) is 13.1. The third-order valence-corrected chi connectivity index (χ3v) is 16.2. The second-order valence-electron chi connectivity index (χ2n) is 21.3. The van der Waals surface area contributed by atoms with E-state index in [1.165, 1.54) is 44.5 Å². The monoisotopic (exact) mass is 1010 g/mol. The second-order valence-corrected chi connectivity index (χ2v) is 21.3. The SMILES string of the molecule is Cc1ccc(N2c3ccccc3C(c3ccc(N(c4cc(C)ccc4C)c4cccc5c4oc4ccccc45)cc3)(c3ccc(N(c4cc(C)ccc4C)c4cccc5c4oc4ccccc45)cc3)c3cc(C)ccc32)cc1. The van der Waals surface area contributed by atoms with Gasteiger partial charge in [-0.05, 0) is 171 Å². The van der Waals surface area contributed by atoms with Crippen molar-refractivity contribution in [3.05, 3.63) is 292 Å². The molecule has 376 valence electrons. The summed E-state index contributed by atoms with van der Waals surface area (Å²) >= 11 is 0. The van der Waals surface area contributed by atoms with Crippen molar-refractivity contribution in [1.82, 2.24) is 0 Å². The van der Waals surface area contributed by atoms with Crippen molar-refractivity contribution in [1.29, 1.82) is 0 Å². The summed E-state index contributed by atoms with van der Waals surface area (Å²) in [7, 11) is 0. The molecule has 2 aromatic heterocycles. The molecule has 0 fully saturated rings. The summed E-state index contributed by atoms with van der Waals surface area (Å²) < 4.78 is 13.6. The maximum atomic E-state index is 6.79. The Morgan fingerprint density at radius 3 is 1.31 bits per heavy atom. The highest BCUT2D eigenvalue weighted by Gasteiger charge is 2.47. The van der Waals surface area contributed by atoms with Crippen LogP contribution in [0.4, 0.5) is 51.2 Å². The number of anilines is 9. The van der Waals surface area contributed by atoms with Crippen LogP contribution in [0.5, 0.6) is 0 Å². The number of hydrogen-bond donors (Lipinski definition) is 0. The highest BCUT2D eigenvalue weighted by Crippen LogP contribution is 2.59. The van der Waals surface area contributed by atoms with Crippen LogP contribution in [-0.2, 0) is 5.41 Å². The molecule has 0 spiro atoms. The van der Waals surface area contributed by atoms with E-state index in [-0.39, 0.29) is 0 Å². The molecule has 3 heterocycles. The fraction of sp³-hybridized carbons (Fsp3) is 0.0959. The standard InChI is InChI=1S/C73H57N3O2/c1-46-27-36-54(37-28-46)74-63-20-10-9-19-61(63)73(62-43-47(2)29-42-64(62)74,52-32-38-55(39-33-52)75(67-44-48(3)25-30-50(67)5)65-21-13-17-59-57-15-7-11-23-69(57)77-71(59)65)53-34-40-56(41-35-53)76(68-45-49(4)26-31-51(68)6)66-22-14-18-60-58-16-8-12-24-70(58)78-72(60)66/h7-45H,1-6H3. The molecule has 0 N–H and O–H groups in total. The van der Waals surface area contributed by atoms with E-state index in [9.17, 15) is 0 Å². The van der Waals surface area contributed by atoms with E-state index in [0.29, 0.717) is 0 Å². The molecule has 78 heavy (non-hydrogen) atoms. The first-order chi connectivity index (χ1) is 38.1. The minimum atomic E-state index is -0.776. The van der Waals surface area contributed by atoms with Crippen molar-refractivity contribution in [3.63, 3.8) is 0 Å². The van der Waals surface area contributed by atoms with Crippen molar-refractivity contribution in [2.75, 3.05) is 14.7 Å². The summed E-state index contributed by atoms with van der Waals surface area (Å²) in [6.07, 6.45) is 0. The number of hydrogen-bond acceptors (Lipinski definition) is 5. The van der Waals surface area contributed by atoms with Gasteiger partial charge in [-0.2, -0.15) is 0 Å². The Morgan fingerprint density at radius 1 is 0.333 bits per heavy atom. The second kappa shape index (κ2) is 18.3. The summed E-state index contributed by atoms with van der Waals surface area (Å²) in [6, 6.07) is 86.8. The van der Waals surface area contributed by atoms with E-state index < -0.39 is 5.41 Å². The fourth-order valence-corrected chi connectivity index (χ4v) is 12.4. The van der Waals surface area contributed by atoms with Crippen LogP contribution in [0, 0.1) is 41.5 Å². The van der Waals surface area contributed by atoms with Gasteiger partial charge in [0, 0.05) is 50.0 Å². The van der Waals surface area contributed by atoms with Crippen LogP contribution in [0.3, 0.4) is 0 Å². The molecule has 1 aliphatic rings. The van der Waals surface area contributed by atoms with E-state index >= 15 is 0 Å². The average molecular weight is 1010 g/mol. The minimum Gasteiger partial charge on any atom is -0.454 e. The Bertz CT molecular complexity index is 4250. The number of para-hydroxylation sites is 5. The zero-order valence-electron chi connectivity index (χ0n) is 44.7. The largest absolute Gasteiger partial charge is 0.454 e. The first-order valence-electron chi connectivity index (χ1n) is 27.0. The average Bonchev–Trinajstić information content (AvgIpc) is 3.80. The lowest BCUT2D eigenvalue weighted by atomic mass is 9.62. The molecule has 11 aromatic carbocycles. The van der Waals surface area contributed by atoms with E-state index in [0.717, 1.165) is 106 Å². The summed E-state index contributed by atoms with van der Waals surface area (Å²) in [5.74, 6) is 0. The molecule has 0 atom stereocenters. The van der Waals surface area contributed by atoms with Crippen LogP contribution >= 0.6 is 0 Å². The van der Waals surface area contributed by atoms with Gasteiger partial charge in [-0.3, -0.25) is 0 Å². The van der Waals surface area contributed by atoms with Crippen LogP contribution in [0.1, 0.15) is 55.6 Å². The first-order valence-corrected chi connectivity index (χ1v) is 27.0. The van der Waals surface area contributed by atoms with Crippen molar-refractivity contribution in [3.8, 4) is 0 Å². The molecule has 0 aliphatic carbocycles. The van der Waals surface area contributed by atoms with Gasteiger partial charge in [0.05, 0.1) is 28.2 Å². The number of benzene rings is 11. The number of rotatable bonds is 9. The highest BCUT2D eigenvalue weighted by atomic mass is 16.3. The summed E-state index contributed by atoms with van der Waals surface area (Å²) in [5.41, 5.74) is 24.1. The van der Waals surface area contributed by atoms with Crippen LogP contribution < -0.4 is 14.7 Å². The van der Waals surface area contributed by atoms with Gasteiger partial charge in [0.1, 0.15) is 11.2 Å². The van der Waals surface area contributed by atoms with Gasteiger partial charge in [-0.15, -0.1) is 0 Å². The Balaban J connectivity index is 1.01. The van der Waals surface area contributed by atoms with Gasteiger partial charge in [0.2, 0.25) is 0 Å². The van der Waals surface area contributed by atoms with Crippen molar-refractivity contribution >= 4 is 95.1 Å². The molecule has 0 saturated heterocycles. The van der Waals surface area contributed by atoms with Crippen molar-refractivity contribution < 1.29 is 8.83 Å². The topological polar surface area (TPSA) is 36.0 Å². The molecule has 0 amide bonds. The molecule has 0 unspecified atom stereocenters. The van der Waals surface area contributed by atoms with E-state index in [1.807, 2.05) is 12.1 Å². The number of furan rings is 2. The molecule has 5 heteroatoms. The lowest BCUT2D eigenvalue weighted by Gasteiger charge is -2.47. The maximum absolute atomic E-state index is 6.79. The molecular formula is C73H57N3O2. The molecule has 13 aromatic rings. The van der Waals surface area contributed by atoms with Crippen LogP contribution in [0.2, 0.25) is 0 Å². The van der Waals surface area contributed by atoms with Crippen LogP contribution in [0.25, 0.3) is 43.9 Å². The van der Waals surface area contributed by atoms with E-state index in [2.05, 4.69) is 281 Å². The lowest BCUT2D eigenvalue weighted by molar-refractivity contribution is 0.668. The van der Waals surface area contributed by atoms with Gasteiger partial charge in [0.25, 0.3) is 0 Å². The molecule has 0 bridgehead atoms. The molecule has 1 aliphatic heterocycles. The number of nitrogens with zero attached hydrogens (tertiary/aromatic N) is 3. The predicted molar refractivity (Wildman–Crippen MR) is 325 cm³/mol. The first kappa shape index (κ1) is 46.9. The van der Waals surface area contributed by atoms with Gasteiger partial charge in [0.15, 0.2) is 11.2 Å². The van der Waals surface area contributed by atoms with E-state index in [1.54, 1.807) is 0 Å². The molecule has 14 rings (SSSR count). The third-order valence-electron chi connectivity index (χ3n) is 16.2. The van der Waals surface area contributed by atoms with Crippen LogP contribution in [-0.4, -0.2) is 0 Å². The smallest absolute Gasteiger partial charge is 0.159 e. The Labute approximate surface area is 455 Å². The van der Waals surface area contributed by atoms with Crippen molar-refractivity contribution in [2.45, 2.75) is 47.0 Å². The Morgan fingerprint density at radius 2 is 0.769 bits per heavy atom. The molecular weight excluding hydrogens is 951 g/mol. The predicted octanol–water partition coefficient (Wildman–Crippen LogP) is 20.4. The molecule has 0 radical (unpaired) electrons. The molecule has 5 nitrogen and oxygen atoms in total. The molecule has 0 saturated carbocycles. The Hall–Kier alpha value is -9.58. The maximum Gasteiger partial charge on any atom is 0.159 e. The highest BCUT2D eigenvalue weighted by molar-refractivity contribution is 6.11. The lowest BCUT2D eigenvalue weighted by Crippen LogP contribution is -2.38. The normalized spacial score (nSPS) is 12.8. The number of aryl methyl sites for hydroxylation is 6. The summed E-state index contributed by atoms with van der Waals surface area (Å²) in [5, 5.41) is 4.39. The fourth-order valence-electron chi connectivity index (χ4n) is 12.4. The quantitative estimate of drug-likeness (QED) is 0.144. The van der Waals surface area contributed by atoms with Crippen LogP contribution in [0.15, 0.2) is 245 Å². The zero-order valence-corrected chi connectivity index (χ0v) is 44.7. The van der Waals surface area contributed by atoms with E-state index in [4.69, 9.17) is 8.83 Å². The number of fused-ring (bicyclic) bond motifs is 8. The third kappa shape index (κ3) is 7.37. The van der Waals surface area contributed by atoms with Gasteiger partial charge < -0.3 is 23.5 Å². The van der Waals surface area contributed by atoms with Gasteiger partial charge >= 0.3 is 0 Å².